The van der Waals surface area contributed by atoms with Crippen LogP contribution in [0.3, 0.4) is 0 Å². The fourth-order valence-electron chi connectivity index (χ4n) is 4.90. The first-order valence-corrected chi connectivity index (χ1v) is 9.84. The SMILES string of the molecule is CC(C)C1CCCC(C)C1C.CC(C)C1CCCCC1C. The summed E-state index contributed by atoms with van der Waals surface area (Å²) in [5.74, 6) is 6.75. The molecule has 0 nitrogen and oxygen atoms in total. The number of hydrogen-bond acceptors (Lipinski definition) is 0. The Hall–Kier alpha value is 0. The van der Waals surface area contributed by atoms with Crippen molar-refractivity contribution in [1.29, 1.82) is 0 Å². The summed E-state index contributed by atoms with van der Waals surface area (Å²) >= 11 is 0. The second kappa shape index (κ2) is 9.21. The molecule has 21 heavy (non-hydrogen) atoms. The van der Waals surface area contributed by atoms with Crippen LogP contribution in [0.5, 0.6) is 0 Å². The first-order chi connectivity index (χ1) is 9.84. The van der Waals surface area contributed by atoms with Gasteiger partial charge in [0.2, 0.25) is 0 Å². The Balaban J connectivity index is 0.000000211. The highest BCUT2D eigenvalue weighted by Gasteiger charge is 2.28. The zero-order valence-corrected chi connectivity index (χ0v) is 16.0. The van der Waals surface area contributed by atoms with E-state index >= 15 is 0 Å². The molecule has 0 aliphatic heterocycles. The Morgan fingerprint density at radius 2 is 1.05 bits per heavy atom. The van der Waals surface area contributed by atoms with Crippen molar-refractivity contribution in [2.24, 2.45) is 41.4 Å². The van der Waals surface area contributed by atoms with Crippen molar-refractivity contribution in [3.05, 3.63) is 0 Å². The van der Waals surface area contributed by atoms with Crippen LogP contribution in [0.25, 0.3) is 0 Å². The maximum Gasteiger partial charge on any atom is -0.0363 e. The molecule has 2 aliphatic carbocycles. The summed E-state index contributed by atoms with van der Waals surface area (Å²) in [4.78, 5) is 0. The summed E-state index contributed by atoms with van der Waals surface area (Å²) in [6, 6.07) is 0. The monoisotopic (exact) mass is 294 g/mol. The van der Waals surface area contributed by atoms with Crippen LogP contribution < -0.4 is 0 Å². The molecule has 2 rings (SSSR count). The van der Waals surface area contributed by atoms with Crippen molar-refractivity contribution in [2.75, 3.05) is 0 Å². The Morgan fingerprint density at radius 3 is 1.48 bits per heavy atom. The Labute approximate surface area is 135 Å². The molecular formula is C21H42. The summed E-state index contributed by atoms with van der Waals surface area (Å²) in [6.45, 7) is 16.8. The molecule has 0 spiro atoms. The second-order valence-electron chi connectivity index (χ2n) is 8.84. The van der Waals surface area contributed by atoms with Crippen LogP contribution in [-0.2, 0) is 0 Å². The lowest BCUT2D eigenvalue weighted by Crippen LogP contribution is -2.27. The quantitative estimate of drug-likeness (QED) is 0.506. The summed E-state index contributed by atoms with van der Waals surface area (Å²) in [7, 11) is 0. The molecule has 0 aromatic rings. The van der Waals surface area contributed by atoms with Crippen LogP contribution in [0.15, 0.2) is 0 Å². The first-order valence-electron chi connectivity index (χ1n) is 9.84. The van der Waals surface area contributed by atoms with Crippen LogP contribution >= 0.6 is 0 Å². The van der Waals surface area contributed by atoms with Crippen LogP contribution in [0, 0.1) is 41.4 Å². The third kappa shape index (κ3) is 5.95. The lowest BCUT2D eigenvalue weighted by atomic mass is 9.69. The van der Waals surface area contributed by atoms with Gasteiger partial charge >= 0.3 is 0 Å². The molecular weight excluding hydrogens is 252 g/mol. The Bertz CT molecular complexity index is 265. The fourth-order valence-corrected chi connectivity index (χ4v) is 4.90. The van der Waals surface area contributed by atoms with Gasteiger partial charge in [0.15, 0.2) is 0 Å². The predicted octanol–water partition coefficient (Wildman–Crippen LogP) is 7.18. The van der Waals surface area contributed by atoms with E-state index in [0.29, 0.717) is 0 Å². The minimum atomic E-state index is 0.896. The highest BCUT2D eigenvalue weighted by atomic mass is 14.3. The average Bonchev–Trinajstić information content (AvgIpc) is 2.42. The summed E-state index contributed by atoms with van der Waals surface area (Å²) in [5, 5.41) is 0. The third-order valence-corrected chi connectivity index (χ3v) is 6.66. The zero-order chi connectivity index (χ0) is 16.0. The smallest absolute Gasteiger partial charge is 0.0363 e. The maximum atomic E-state index is 2.44. The molecule has 0 bridgehead atoms. The average molecular weight is 295 g/mol. The van der Waals surface area contributed by atoms with Crippen molar-refractivity contribution < 1.29 is 0 Å². The first kappa shape index (κ1) is 19.0. The molecule has 2 saturated carbocycles. The molecule has 0 saturated heterocycles. The van der Waals surface area contributed by atoms with Gasteiger partial charge in [-0.3, -0.25) is 0 Å². The van der Waals surface area contributed by atoms with Crippen molar-refractivity contribution in [3.8, 4) is 0 Å². The summed E-state index contributed by atoms with van der Waals surface area (Å²) < 4.78 is 0. The standard InChI is InChI=1S/C11H22.C10H20/c1-8(2)11-7-5-6-9(3)10(11)4;1-8(2)10-7-5-4-6-9(10)3/h8-11H,5-7H2,1-4H3;8-10H,4-7H2,1-3H3. The Morgan fingerprint density at radius 1 is 0.571 bits per heavy atom. The molecule has 0 aromatic heterocycles. The third-order valence-electron chi connectivity index (χ3n) is 6.66. The van der Waals surface area contributed by atoms with E-state index in [1.165, 1.54) is 44.9 Å². The molecule has 0 heterocycles. The van der Waals surface area contributed by atoms with Gasteiger partial charge in [-0.1, -0.05) is 80.6 Å². The topological polar surface area (TPSA) is 0 Å². The molecule has 0 radical (unpaired) electrons. The van der Waals surface area contributed by atoms with Gasteiger partial charge in [-0.05, 0) is 54.3 Å². The molecule has 2 fully saturated rings. The fraction of sp³-hybridized carbons (Fsp3) is 1.00. The van der Waals surface area contributed by atoms with Crippen molar-refractivity contribution in [1.82, 2.24) is 0 Å². The van der Waals surface area contributed by atoms with E-state index in [1.54, 1.807) is 0 Å². The van der Waals surface area contributed by atoms with Gasteiger partial charge < -0.3 is 0 Å². The predicted molar refractivity (Wildman–Crippen MR) is 96.5 cm³/mol. The van der Waals surface area contributed by atoms with Gasteiger partial charge in [0.1, 0.15) is 0 Å². The van der Waals surface area contributed by atoms with Gasteiger partial charge in [0.05, 0.1) is 0 Å². The van der Waals surface area contributed by atoms with Crippen LogP contribution in [0.4, 0.5) is 0 Å². The number of rotatable bonds is 2. The van der Waals surface area contributed by atoms with Gasteiger partial charge in [0.25, 0.3) is 0 Å². The molecule has 0 aromatic carbocycles. The van der Waals surface area contributed by atoms with Gasteiger partial charge in [-0.25, -0.2) is 0 Å². The number of hydrogen-bond donors (Lipinski definition) is 0. The van der Waals surface area contributed by atoms with Gasteiger partial charge in [-0.15, -0.1) is 0 Å². The van der Waals surface area contributed by atoms with Gasteiger partial charge in [-0.2, -0.15) is 0 Å². The molecule has 126 valence electrons. The zero-order valence-electron chi connectivity index (χ0n) is 16.0. The Kier molecular flexibility index (Phi) is 8.35. The van der Waals surface area contributed by atoms with E-state index in [0.717, 1.165) is 41.4 Å². The lowest BCUT2D eigenvalue weighted by molar-refractivity contribution is 0.139. The van der Waals surface area contributed by atoms with Crippen molar-refractivity contribution >= 4 is 0 Å². The van der Waals surface area contributed by atoms with Gasteiger partial charge in [0, 0.05) is 0 Å². The van der Waals surface area contributed by atoms with E-state index < -0.39 is 0 Å². The molecule has 2 aliphatic rings. The molecule has 0 N–H and O–H groups in total. The van der Waals surface area contributed by atoms with Crippen molar-refractivity contribution in [3.63, 3.8) is 0 Å². The van der Waals surface area contributed by atoms with Crippen LogP contribution in [-0.4, -0.2) is 0 Å². The van der Waals surface area contributed by atoms with E-state index in [-0.39, 0.29) is 0 Å². The van der Waals surface area contributed by atoms with Crippen LogP contribution in [0.1, 0.15) is 93.4 Å². The van der Waals surface area contributed by atoms with Crippen molar-refractivity contribution in [2.45, 2.75) is 93.4 Å². The minimum Gasteiger partial charge on any atom is -0.0625 e. The second-order valence-corrected chi connectivity index (χ2v) is 8.84. The largest absolute Gasteiger partial charge is 0.0625 e. The van der Waals surface area contributed by atoms with E-state index in [2.05, 4.69) is 48.5 Å². The normalized spacial score (nSPS) is 37.3. The maximum absolute atomic E-state index is 2.44. The molecule has 0 amide bonds. The molecule has 0 heteroatoms. The minimum absolute atomic E-state index is 0.896. The van der Waals surface area contributed by atoms with Crippen LogP contribution in [0.2, 0.25) is 0 Å². The van der Waals surface area contributed by atoms with E-state index in [1.807, 2.05) is 0 Å². The van der Waals surface area contributed by atoms with E-state index in [9.17, 15) is 0 Å². The highest BCUT2D eigenvalue weighted by molar-refractivity contribution is 4.78. The highest BCUT2D eigenvalue weighted by Crippen LogP contribution is 2.38. The van der Waals surface area contributed by atoms with E-state index in [4.69, 9.17) is 0 Å². The lowest BCUT2D eigenvalue weighted by Gasteiger charge is -2.36. The summed E-state index contributed by atoms with van der Waals surface area (Å²) in [5.41, 5.74) is 0. The summed E-state index contributed by atoms with van der Waals surface area (Å²) in [6.07, 6.45) is 10.3. The molecule has 5 atom stereocenters. The molecule has 5 unspecified atom stereocenters.